The number of esters is 1. The van der Waals surface area contributed by atoms with Crippen molar-refractivity contribution in [3.8, 4) is 0 Å². The van der Waals surface area contributed by atoms with Crippen molar-refractivity contribution in [1.82, 2.24) is 9.88 Å². The maximum absolute atomic E-state index is 12.2. The van der Waals surface area contributed by atoms with Crippen LogP contribution in [0.1, 0.15) is 56.5 Å². The van der Waals surface area contributed by atoms with E-state index < -0.39 is 11.6 Å². The molecule has 130 valence electrons. The van der Waals surface area contributed by atoms with Gasteiger partial charge in [0.15, 0.2) is 5.69 Å². The fraction of sp³-hybridized carbons (Fsp3) is 0.688. The summed E-state index contributed by atoms with van der Waals surface area (Å²) in [5.41, 5.74) is -0.187. The smallest absolute Gasteiger partial charge is 0.410 e. The molecule has 0 aromatic carbocycles. The Hall–Kier alpha value is -1.63. The van der Waals surface area contributed by atoms with E-state index in [0.29, 0.717) is 31.8 Å². The van der Waals surface area contributed by atoms with Crippen LogP contribution in [0.5, 0.6) is 0 Å². The van der Waals surface area contributed by atoms with Crippen LogP contribution in [0.15, 0.2) is 5.38 Å². The Morgan fingerprint density at radius 3 is 2.52 bits per heavy atom. The second-order valence-electron chi connectivity index (χ2n) is 6.06. The molecule has 0 radical (unpaired) electrons. The molecule has 0 spiro atoms. The first-order valence-electron chi connectivity index (χ1n) is 7.86. The molecule has 0 fully saturated rings. The lowest BCUT2D eigenvalue weighted by molar-refractivity contribution is 0.0251. The molecule has 0 saturated heterocycles. The fourth-order valence-corrected chi connectivity index (χ4v) is 2.60. The molecule has 0 aliphatic heterocycles. The summed E-state index contributed by atoms with van der Waals surface area (Å²) in [6.45, 7) is 10.8. The topological polar surface area (TPSA) is 68.7 Å². The summed E-state index contributed by atoms with van der Waals surface area (Å²) < 4.78 is 10.3. The van der Waals surface area contributed by atoms with Crippen molar-refractivity contribution in [3.63, 3.8) is 0 Å². The first-order valence-corrected chi connectivity index (χ1v) is 8.74. The molecule has 0 bridgehead atoms. The molecule has 0 saturated carbocycles. The minimum atomic E-state index is -0.513. The molecule has 7 heteroatoms. The minimum absolute atomic E-state index is 0.318. The summed E-state index contributed by atoms with van der Waals surface area (Å²) in [6.07, 6.45) is 1.12. The van der Waals surface area contributed by atoms with E-state index in [4.69, 9.17) is 9.47 Å². The van der Waals surface area contributed by atoms with Gasteiger partial charge in [-0.05, 0) is 34.1 Å². The van der Waals surface area contributed by atoms with E-state index in [9.17, 15) is 9.59 Å². The molecule has 1 rings (SSSR count). The van der Waals surface area contributed by atoms with Crippen LogP contribution in [-0.2, 0) is 15.9 Å². The predicted octanol–water partition coefficient (Wildman–Crippen LogP) is 3.51. The molecular weight excluding hydrogens is 316 g/mol. The second-order valence-corrected chi connectivity index (χ2v) is 7.01. The van der Waals surface area contributed by atoms with E-state index in [2.05, 4.69) is 4.98 Å². The van der Waals surface area contributed by atoms with Gasteiger partial charge >= 0.3 is 12.1 Å². The normalized spacial score (nSPS) is 11.2. The van der Waals surface area contributed by atoms with Crippen LogP contribution >= 0.6 is 11.3 Å². The lowest BCUT2D eigenvalue weighted by atomic mass is 10.2. The minimum Gasteiger partial charge on any atom is -0.461 e. The largest absolute Gasteiger partial charge is 0.461 e. The number of thiazole rings is 1. The summed E-state index contributed by atoms with van der Waals surface area (Å²) in [4.78, 5) is 29.7. The SMILES string of the molecule is CCCN(CCc1nc(C(=O)OCC)cs1)C(=O)OC(C)(C)C. The van der Waals surface area contributed by atoms with Crippen molar-refractivity contribution in [2.45, 2.75) is 53.1 Å². The predicted molar refractivity (Wildman–Crippen MR) is 89.9 cm³/mol. The number of aromatic nitrogens is 1. The molecule has 0 aliphatic rings. The number of carbonyl (C=O) groups is 2. The van der Waals surface area contributed by atoms with E-state index in [1.165, 1.54) is 11.3 Å². The van der Waals surface area contributed by atoms with Crippen molar-refractivity contribution in [2.24, 2.45) is 0 Å². The monoisotopic (exact) mass is 342 g/mol. The van der Waals surface area contributed by atoms with Crippen LogP contribution in [0, 0.1) is 0 Å². The van der Waals surface area contributed by atoms with Gasteiger partial charge in [0, 0.05) is 24.9 Å². The van der Waals surface area contributed by atoms with Gasteiger partial charge in [-0.1, -0.05) is 6.92 Å². The standard InChI is InChI=1S/C16H26N2O4S/c1-6-9-18(15(20)22-16(3,4)5)10-8-13-17-12(11-23-13)14(19)21-7-2/h11H,6-10H2,1-5H3. The van der Waals surface area contributed by atoms with Gasteiger partial charge < -0.3 is 14.4 Å². The molecule has 0 atom stereocenters. The number of hydrogen-bond donors (Lipinski definition) is 0. The van der Waals surface area contributed by atoms with Crippen LogP contribution < -0.4 is 0 Å². The van der Waals surface area contributed by atoms with Crippen LogP contribution in [0.4, 0.5) is 4.79 Å². The average molecular weight is 342 g/mol. The van der Waals surface area contributed by atoms with Crippen molar-refractivity contribution in [1.29, 1.82) is 0 Å². The van der Waals surface area contributed by atoms with Gasteiger partial charge in [0.1, 0.15) is 5.60 Å². The second kappa shape index (κ2) is 8.86. The number of ether oxygens (including phenoxy) is 2. The van der Waals surface area contributed by atoms with Crippen molar-refractivity contribution < 1.29 is 19.1 Å². The van der Waals surface area contributed by atoms with Crippen LogP contribution in [-0.4, -0.2) is 47.2 Å². The Balaban J connectivity index is 2.61. The molecule has 0 aliphatic carbocycles. The third-order valence-corrected chi connectivity index (χ3v) is 3.69. The zero-order chi connectivity index (χ0) is 17.5. The molecule has 0 N–H and O–H groups in total. The molecular formula is C16H26N2O4S. The van der Waals surface area contributed by atoms with Gasteiger partial charge in [0.25, 0.3) is 0 Å². The Labute approximate surface area is 141 Å². The molecule has 23 heavy (non-hydrogen) atoms. The molecule has 1 amide bonds. The van der Waals surface area contributed by atoms with Crippen LogP contribution in [0.3, 0.4) is 0 Å². The van der Waals surface area contributed by atoms with E-state index in [0.717, 1.165) is 11.4 Å². The number of carbonyl (C=O) groups excluding carboxylic acids is 2. The maximum atomic E-state index is 12.2. The molecule has 1 heterocycles. The summed E-state index contributed by atoms with van der Waals surface area (Å²) >= 11 is 1.40. The van der Waals surface area contributed by atoms with E-state index in [1.54, 1.807) is 17.2 Å². The van der Waals surface area contributed by atoms with Crippen molar-refractivity contribution in [3.05, 3.63) is 16.1 Å². The Morgan fingerprint density at radius 1 is 1.26 bits per heavy atom. The Bertz CT molecular complexity index is 522. The third kappa shape index (κ3) is 6.99. The lowest BCUT2D eigenvalue weighted by Crippen LogP contribution is -2.38. The highest BCUT2D eigenvalue weighted by atomic mass is 32.1. The number of amides is 1. The van der Waals surface area contributed by atoms with Gasteiger partial charge in [-0.25, -0.2) is 14.6 Å². The van der Waals surface area contributed by atoms with Gasteiger partial charge in [-0.2, -0.15) is 0 Å². The summed E-state index contributed by atoms with van der Waals surface area (Å²) in [5, 5.41) is 2.49. The third-order valence-electron chi connectivity index (χ3n) is 2.78. The molecule has 0 unspecified atom stereocenters. The summed E-state index contributed by atoms with van der Waals surface area (Å²) in [5.74, 6) is -0.410. The Morgan fingerprint density at radius 2 is 1.96 bits per heavy atom. The van der Waals surface area contributed by atoms with E-state index in [1.807, 2.05) is 27.7 Å². The van der Waals surface area contributed by atoms with Gasteiger partial charge in [-0.15, -0.1) is 11.3 Å². The Kier molecular flexibility index (Phi) is 7.48. The lowest BCUT2D eigenvalue weighted by Gasteiger charge is -2.27. The summed E-state index contributed by atoms with van der Waals surface area (Å²) in [6, 6.07) is 0. The first-order chi connectivity index (χ1) is 10.8. The van der Waals surface area contributed by atoms with Gasteiger partial charge in [0.05, 0.1) is 11.6 Å². The average Bonchev–Trinajstić information content (AvgIpc) is 2.90. The molecule has 1 aromatic heterocycles. The highest BCUT2D eigenvalue weighted by Gasteiger charge is 2.22. The van der Waals surface area contributed by atoms with Crippen LogP contribution in [0.25, 0.3) is 0 Å². The zero-order valence-corrected chi connectivity index (χ0v) is 15.4. The van der Waals surface area contributed by atoms with Crippen molar-refractivity contribution in [2.75, 3.05) is 19.7 Å². The highest BCUT2D eigenvalue weighted by Crippen LogP contribution is 2.14. The number of nitrogens with zero attached hydrogens (tertiary/aromatic N) is 2. The number of rotatable bonds is 7. The number of hydrogen-bond acceptors (Lipinski definition) is 6. The summed E-state index contributed by atoms with van der Waals surface area (Å²) in [7, 11) is 0. The maximum Gasteiger partial charge on any atom is 0.410 e. The molecule has 1 aromatic rings. The van der Waals surface area contributed by atoms with E-state index >= 15 is 0 Å². The first kappa shape index (κ1) is 19.4. The van der Waals surface area contributed by atoms with Crippen molar-refractivity contribution >= 4 is 23.4 Å². The highest BCUT2D eigenvalue weighted by molar-refractivity contribution is 7.09. The quantitative estimate of drug-likeness (QED) is 0.709. The van der Waals surface area contributed by atoms with Crippen LogP contribution in [0.2, 0.25) is 0 Å². The van der Waals surface area contributed by atoms with Gasteiger partial charge in [-0.3, -0.25) is 0 Å². The van der Waals surface area contributed by atoms with Gasteiger partial charge in [0.2, 0.25) is 0 Å². The fourth-order valence-electron chi connectivity index (χ4n) is 1.85. The van der Waals surface area contributed by atoms with E-state index in [-0.39, 0.29) is 6.09 Å². The zero-order valence-electron chi connectivity index (χ0n) is 14.5. The molecule has 6 nitrogen and oxygen atoms in total.